The molecule has 0 radical (unpaired) electrons. The van der Waals surface area contributed by atoms with Gasteiger partial charge in [0.25, 0.3) is 0 Å². The molecule has 70 valence electrons. The zero-order valence-electron chi connectivity index (χ0n) is 7.52. The second kappa shape index (κ2) is 4.46. The van der Waals surface area contributed by atoms with Crippen LogP contribution < -0.4 is 0 Å². The zero-order valence-corrected chi connectivity index (χ0v) is 9.15. The van der Waals surface area contributed by atoms with Crippen molar-refractivity contribution < 1.29 is 0 Å². The second-order valence-electron chi connectivity index (χ2n) is 2.70. The Labute approximate surface area is 86.0 Å². The number of rotatable bonds is 3. The molecule has 1 heterocycles. The van der Waals surface area contributed by atoms with E-state index in [1.165, 1.54) is 11.3 Å². The molecule has 6 heteroatoms. The molecule has 4 nitrogen and oxygen atoms in total. The molecule has 1 rings (SSSR count). The Morgan fingerprint density at radius 3 is 2.92 bits per heavy atom. The van der Waals surface area contributed by atoms with E-state index in [0.717, 1.165) is 8.96 Å². The van der Waals surface area contributed by atoms with E-state index >= 15 is 0 Å². The fraction of sp³-hybridized carbons (Fsp3) is 0.571. The van der Waals surface area contributed by atoms with Gasteiger partial charge in [-0.1, -0.05) is 11.3 Å². The van der Waals surface area contributed by atoms with Crippen molar-refractivity contribution in [1.29, 1.82) is 5.26 Å². The van der Waals surface area contributed by atoms with Gasteiger partial charge in [-0.05, 0) is 26.2 Å². The summed E-state index contributed by atoms with van der Waals surface area (Å²) in [6.07, 6.45) is 0. The Kier molecular flexibility index (Phi) is 3.54. The van der Waals surface area contributed by atoms with Crippen LogP contribution in [0.3, 0.4) is 0 Å². The smallest absolute Gasteiger partial charge is 0.180 e. The summed E-state index contributed by atoms with van der Waals surface area (Å²) in [6, 6.07) is 2.07. The van der Waals surface area contributed by atoms with Crippen molar-refractivity contribution in [3.8, 4) is 6.07 Å². The Morgan fingerprint density at radius 1 is 1.77 bits per heavy atom. The summed E-state index contributed by atoms with van der Waals surface area (Å²) in [5.74, 6) is 0. The molecule has 0 spiro atoms. The van der Waals surface area contributed by atoms with Crippen LogP contribution in [0.15, 0.2) is 0 Å². The third-order valence-corrected chi connectivity index (χ3v) is 2.65. The highest BCUT2D eigenvalue weighted by atomic mass is 32.1. The number of hydrogen-bond acceptors (Lipinski definition) is 5. The Hall–Kier alpha value is -0.770. The molecule has 1 aromatic heterocycles. The topological polar surface area (TPSA) is 44.9 Å². The molecule has 0 aromatic carbocycles. The predicted molar refractivity (Wildman–Crippen MR) is 53.9 cm³/mol. The summed E-state index contributed by atoms with van der Waals surface area (Å²) < 4.78 is 2.48. The van der Waals surface area contributed by atoms with Gasteiger partial charge in [0.2, 0.25) is 0 Å². The van der Waals surface area contributed by atoms with Crippen LogP contribution in [0.5, 0.6) is 0 Å². The van der Waals surface area contributed by atoms with Crippen LogP contribution in [-0.4, -0.2) is 28.3 Å². The van der Waals surface area contributed by atoms with Crippen LogP contribution in [0.25, 0.3) is 0 Å². The summed E-state index contributed by atoms with van der Waals surface area (Å²) in [4.78, 5) is 1.86. The molecule has 0 saturated heterocycles. The van der Waals surface area contributed by atoms with Crippen LogP contribution in [-0.2, 0) is 6.67 Å². The summed E-state index contributed by atoms with van der Waals surface area (Å²) in [7, 11) is 1.86. The van der Waals surface area contributed by atoms with Crippen molar-refractivity contribution in [1.82, 2.24) is 14.7 Å². The number of nitriles is 1. The summed E-state index contributed by atoms with van der Waals surface area (Å²) in [6.45, 7) is 2.89. The first-order valence-corrected chi connectivity index (χ1v) is 4.96. The number of aryl methyl sites for hydroxylation is 1. The first-order valence-electron chi connectivity index (χ1n) is 3.73. The Balaban J connectivity index is 2.70. The summed E-state index contributed by atoms with van der Waals surface area (Å²) in [5.41, 5.74) is 0. The summed E-state index contributed by atoms with van der Waals surface area (Å²) >= 11 is 6.57. The minimum atomic E-state index is 0.387. The third-order valence-electron chi connectivity index (χ3n) is 1.42. The van der Waals surface area contributed by atoms with Gasteiger partial charge in [0.1, 0.15) is 5.01 Å². The molecule has 0 amide bonds. The fourth-order valence-corrected chi connectivity index (χ4v) is 1.96. The minimum absolute atomic E-state index is 0.387. The highest BCUT2D eigenvalue weighted by Gasteiger charge is 2.02. The molecule has 0 aliphatic rings. The van der Waals surface area contributed by atoms with Gasteiger partial charge in [-0.15, -0.1) is 0 Å². The third kappa shape index (κ3) is 2.88. The largest absolute Gasteiger partial charge is 0.274 e. The molecule has 0 N–H and O–H groups in total. The van der Waals surface area contributed by atoms with Gasteiger partial charge >= 0.3 is 0 Å². The second-order valence-corrected chi connectivity index (χ2v) is 4.53. The maximum atomic E-state index is 8.44. The van der Waals surface area contributed by atoms with Gasteiger partial charge in [-0.25, -0.2) is 4.68 Å². The van der Waals surface area contributed by atoms with Crippen molar-refractivity contribution in [3.05, 3.63) is 8.96 Å². The lowest BCUT2D eigenvalue weighted by Crippen LogP contribution is -2.23. The van der Waals surface area contributed by atoms with E-state index in [9.17, 15) is 0 Å². The number of hydrogen-bond donors (Lipinski definition) is 0. The maximum Gasteiger partial charge on any atom is 0.180 e. The lowest BCUT2D eigenvalue weighted by molar-refractivity contribution is 0.280. The highest BCUT2D eigenvalue weighted by Crippen LogP contribution is 2.06. The van der Waals surface area contributed by atoms with E-state index in [1.54, 1.807) is 4.68 Å². The van der Waals surface area contributed by atoms with E-state index in [-0.39, 0.29) is 0 Å². The van der Waals surface area contributed by atoms with E-state index in [2.05, 4.69) is 11.2 Å². The summed E-state index contributed by atoms with van der Waals surface area (Å²) in [5, 5.41) is 13.6. The van der Waals surface area contributed by atoms with Gasteiger partial charge in [0, 0.05) is 0 Å². The molecule has 0 atom stereocenters. The first kappa shape index (κ1) is 10.3. The van der Waals surface area contributed by atoms with Crippen molar-refractivity contribution in [3.63, 3.8) is 0 Å². The van der Waals surface area contributed by atoms with E-state index < -0.39 is 0 Å². The van der Waals surface area contributed by atoms with E-state index in [1.807, 2.05) is 18.9 Å². The molecule has 13 heavy (non-hydrogen) atoms. The maximum absolute atomic E-state index is 8.44. The van der Waals surface area contributed by atoms with Gasteiger partial charge in [0.05, 0.1) is 19.3 Å². The van der Waals surface area contributed by atoms with Crippen molar-refractivity contribution in [2.75, 3.05) is 13.6 Å². The van der Waals surface area contributed by atoms with E-state index in [4.69, 9.17) is 17.5 Å². The quantitative estimate of drug-likeness (QED) is 0.563. The average molecular weight is 214 g/mol. The van der Waals surface area contributed by atoms with Crippen LogP contribution in [0.2, 0.25) is 0 Å². The van der Waals surface area contributed by atoms with Crippen molar-refractivity contribution in [2.45, 2.75) is 13.6 Å². The van der Waals surface area contributed by atoms with Gasteiger partial charge in [0.15, 0.2) is 3.95 Å². The first-order chi connectivity index (χ1) is 6.13. The SMILES string of the molecule is Cc1nn(CN(C)CC#N)c(=S)s1. The lowest BCUT2D eigenvalue weighted by Gasteiger charge is -2.11. The minimum Gasteiger partial charge on any atom is -0.274 e. The van der Waals surface area contributed by atoms with Crippen LogP contribution in [0.1, 0.15) is 5.01 Å². The molecule has 0 bridgehead atoms. The van der Waals surface area contributed by atoms with Gasteiger partial charge in [-0.2, -0.15) is 10.4 Å². The molecule has 1 aromatic rings. The predicted octanol–water partition coefficient (Wildman–Crippen LogP) is 1.40. The average Bonchev–Trinajstić information content (AvgIpc) is 2.30. The molecule has 0 aliphatic heterocycles. The standard InChI is InChI=1S/C7H10N4S2/c1-6-9-11(7(12)13-6)5-10(2)4-3-8/h4-5H2,1-2H3. The van der Waals surface area contributed by atoms with Crippen LogP contribution in [0.4, 0.5) is 0 Å². The zero-order chi connectivity index (χ0) is 9.84. The molecule has 0 unspecified atom stereocenters. The number of nitrogens with zero attached hydrogens (tertiary/aromatic N) is 4. The van der Waals surface area contributed by atoms with Gasteiger partial charge in [-0.3, -0.25) is 4.90 Å². The molecule has 0 fully saturated rings. The molecule has 0 aliphatic carbocycles. The van der Waals surface area contributed by atoms with Crippen LogP contribution in [0, 0.1) is 22.2 Å². The number of aromatic nitrogens is 2. The molecular weight excluding hydrogens is 204 g/mol. The Bertz CT molecular complexity index is 373. The monoisotopic (exact) mass is 214 g/mol. The highest BCUT2D eigenvalue weighted by molar-refractivity contribution is 7.73. The van der Waals surface area contributed by atoms with Crippen molar-refractivity contribution in [2.24, 2.45) is 0 Å². The lowest BCUT2D eigenvalue weighted by atomic mass is 10.6. The van der Waals surface area contributed by atoms with Gasteiger partial charge < -0.3 is 0 Å². The molecular formula is C7H10N4S2. The van der Waals surface area contributed by atoms with Crippen LogP contribution >= 0.6 is 23.6 Å². The molecule has 0 saturated carbocycles. The van der Waals surface area contributed by atoms with Crippen molar-refractivity contribution >= 4 is 23.6 Å². The normalized spacial score (nSPS) is 10.3. The Morgan fingerprint density at radius 2 is 2.46 bits per heavy atom. The fourth-order valence-electron chi connectivity index (χ4n) is 0.899. The van der Waals surface area contributed by atoms with E-state index in [0.29, 0.717) is 13.2 Å².